The minimum absolute atomic E-state index is 0.0888. The predicted octanol–water partition coefficient (Wildman–Crippen LogP) is 3.60. The van der Waals surface area contributed by atoms with Gasteiger partial charge in [-0.1, -0.05) is 72.8 Å². The summed E-state index contributed by atoms with van der Waals surface area (Å²) in [5.74, 6) is -0.374. The lowest BCUT2D eigenvalue weighted by atomic mass is 9.98. The molecule has 5 rings (SSSR count). The lowest BCUT2D eigenvalue weighted by molar-refractivity contribution is -0.133. The van der Waals surface area contributed by atoms with Crippen LogP contribution in [0.2, 0.25) is 0 Å². The Bertz CT molecular complexity index is 1600. The van der Waals surface area contributed by atoms with E-state index in [9.17, 15) is 13.2 Å². The molecule has 1 amide bonds. The first-order chi connectivity index (χ1) is 17.8. The van der Waals surface area contributed by atoms with Gasteiger partial charge in [0.25, 0.3) is 0 Å². The molecule has 8 heteroatoms. The second kappa shape index (κ2) is 10.2. The maximum Gasteiger partial charge on any atom is 0.241 e. The fraction of sp³-hybridized carbons (Fsp3) is 0.172. The predicted molar refractivity (Wildman–Crippen MR) is 145 cm³/mol. The average molecular weight is 513 g/mol. The zero-order chi connectivity index (χ0) is 26.0. The third-order valence-electron chi connectivity index (χ3n) is 6.75. The Morgan fingerprint density at radius 1 is 0.919 bits per heavy atom. The van der Waals surface area contributed by atoms with E-state index < -0.39 is 16.1 Å². The summed E-state index contributed by atoms with van der Waals surface area (Å²) in [7, 11) is -4.01. The van der Waals surface area contributed by atoms with Crippen LogP contribution in [0.1, 0.15) is 22.3 Å². The van der Waals surface area contributed by atoms with Crippen molar-refractivity contribution >= 4 is 32.5 Å². The van der Waals surface area contributed by atoms with Crippen molar-refractivity contribution in [1.82, 2.24) is 9.62 Å². The van der Waals surface area contributed by atoms with Crippen molar-refractivity contribution in [2.24, 2.45) is 5.73 Å². The van der Waals surface area contributed by atoms with E-state index >= 15 is 0 Å². The molecule has 0 saturated carbocycles. The summed E-state index contributed by atoms with van der Waals surface area (Å²) < 4.78 is 29.7. The molecule has 1 aliphatic rings. The molecule has 7 nitrogen and oxygen atoms in total. The van der Waals surface area contributed by atoms with Crippen LogP contribution < -0.4 is 10.5 Å². The number of amidine groups is 1. The third-order valence-corrected chi connectivity index (χ3v) is 8.22. The van der Waals surface area contributed by atoms with Gasteiger partial charge in [0.05, 0.1) is 4.90 Å². The number of hydrogen-bond donors (Lipinski definition) is 3. The van der Waals surface area contributed by atoms with Crippen molar-refractivity contribution < 1.29 is 13.2 Å². The quantitative estimate of drug-likeness (QED) is 0.259. The first-order valence-electron chi connectivity index (χ1n) is 12.1. The second-order valence-electron chi connectivity index (χ2n) is 9.28. The van der Waals surface area contributed by atoms with Gasteiger partial charge in [-0.15, -0.1) is 0 Å². The minimum atomic E-state index is -4.01. The molecule has 0 aliphatic carbocycles. The van der Waals surface area contributed by atoms with Gasteiger partial charge in [0.1, 0.15) is 11.9 Å². The maximum absolute atomic E-state index is 13.8. The molecular weight excluding hydrogens is 484 g/mol. The van der Waals surface area contributed by atoms with E-state index in [0.717, 1.165) is 16.3 Å². The van der Waals surface area contributed by atoms with Crippen LogP contribution in [0.4, 0.5) is 0 Å². The summed E-state index contributed by atoms with van der Waals surface area (Å²) in [4.78, 5) is 15.6. The topological polar surface area (TPSA) is 116 Å². The number of nitrogens with zero attached hydrogens (tertiary/aromatic N) is 1. The number of nitrogen functional groups attached to an aromatic ring is 1. The van der Waals surface area contributed by atoms with Gasteiger partial charge >= 0.3 is 0 Å². The van der Waals surface area contributed by atoms with Gasteiger partial charge in [0.15, 0.2) is 0 Å². The molecule has 0 aromatic heterocycles. The van der Waals surface area contributed by atoms with Crippen LogP contribution in [0.15, 0.2) is 95.9 Å². The molecule has 188 valence electrons. The number of fused-ring (bicyclic) bond motifs is 2. The van der Waals surface area contributed by atoms with E-state index in [1.54, 1.807) is 41.3 Å². The molecule has 4 aromatic rings. The normalized spacial score (nSPS) is 14.2. The summed E-state index contributed by atoms with van der Waals surface area (Å²) in [6.07, 6.45) is 0.844. The molecular formula is C29H28N4O3S. The van der Waals surface area contributed by atoms with Crippen LogP contribution in [0.25, 0.3) is 10.8 Å². The van der Waals surface area contributed by atoms with Gasteiger partial charge in [-0.2, -0.15) is 4.72 Å². The summed E-state index contributed by atoms with van der Waals surface area (Å²) in [6, 6.07) is 26.4. The molecule has 1 heterocycles. The third kappa shape index (κ3) is 5.40. The van der Waals surface area contributed by atoms with Gasteiger partial charge < -0.3 is 10.6 Å². The summed E-state index contributed by atoms with van der Waals surface area (Å²) in [5.41, 5.74) is 9.16. The van der Waals surface area contributed by atoms with E-state index in [2.05, 4.69) is 10.8 Å². The highest BCUT2D eigenvalue weighted by Crippen LogP contribution is 2.22. The Morgan fingerprint density at radius 3 is 2.43 bits per heavy atom. The molecule has 0 bridgehead atoms. The van der Waals surface area contributed by atoms with Crippen LogP contribution in [0.3, 0.4) is 0 Å². The van der Waals surface area contributed by atoms with Crippen LogP contribution in [0, 0.1) is 5.41 Å². The van der Waals surface area contributed by atoms with Crippen molar-refractivity contribution in [3.05, 3.63) is 113 Å². The van der Waals surface area contributed by atoms with Crippen LogP contribution in [0.5, 0.6) is 0 Å². The summed E-state index contributed by atoms with van der Waals surface area (Å²) in [5, 5.41) is 9.48. The molecule has 0 fully saturated rings. The first kappa shape index (κ1) is 24.7. The summed E-state index contributed by atoms with van der Waals surface area (Å²) >= 11 is 0. The van der Waals surface area contributed by atoms with Crippen molar-refractivity contribution in [2.75, 3.05) is 6.54 Å². The Balaban J connectivity index is 1.46. The van der Waals surface area contributed by atoms with Gasteiger partial charge in [-0.3, -0.25) is 10.2 Å². The first-order valence-corrected chi connectivity index (χ1v) is 13.6. The monoisotopic (exact) mass is 512 g/mol. The van der Waals surface area contributed by atoms with Crippen LogP contribution in [-0.2, 0) is 34.2 Å². The lowest BCUT2D eigenvalue weighted by Crippen LogP contribution is -2.50. The number of nitrogens with two attached hydrogens (primary N) is 1. The minimum Gasteiger partial charge on any atom is -0.384 e. The second-order valence-corrected chi connectivity index (χ2v) is 11.0. The molecule has 0 radical (unpaired) electrons. The highest BCUT2D eigenvalue weighted by atomic mass is 32.2. The van der Waals surface area contributed by atoms with Gasteiger partial charge in [-0.05, 0) is 58.5 Å². The number of nitrogens with one attached hydrogen (secondary N) is 2. The Hall–Kier alpha value is -4.01. The van der Waals surface area contributed by atoms with E-state index in [-0.39, 0.29) is 23.1 Å². The van der Waals surface area contributed by atoms with Crippen molar-refractivity contribution in [2.45, 2.75) is 30.3 Å². The Morgan fingerprint density at radius 2 is 1.65 bits per heavy atom. The van der Waals surface area contributed by atoms with E-state index in [4.69, 9.17) is 11.1 Å². The number of sulfonamides is 1. The van der Waals surface area contributed by atoms with E-state index in [0.29, 0.717) is 30.6 Å². The highest BCUT2D eigenvalue weighted by molar-refractivity contribution is 7.89. The van der Waals surface area contributed by atoms with Crippen LogP contribution in [-0.4, -0.2) is 37.6 Å². The lowest BCUT2D eigenvalue weighted by Gasteiger charge is -2.32. The molecule has 1 aliphatic heterocycles. The zero-order valence-corrected chi connectivity index (χ0v) is 21.0. The SMILES string of the molecule is N=C(N)c1cccc(CC(NS(=O)(=O)c2ccc3ccccc3c2)C(=O)N2CCc3ccccc3C2)c1. The number of carbonyl (C=O) groups excluding carboxylic acids is 1. The van der Waals surface area contributed by atoms with Gasteiger partial charge in [0.2, 0.25) is 15.9 Å². The Labute approximate surface area is 216 Å². The van der Waals surface area contributed by atoms with Gasteiger partial charge in [-0.25, -0.2) is 8.42 Å². The molecule has 37 heavy (non-hydrogen) atoms. The zero-order valence-electron chi connectivity index (χ0n) is 20.2. The van der Waals surface area contributed by atoms with Crippen molar-refractivity contribution in [1.29, 1.82) is 5.41 Å². The maximum atomic E-state index is 13.8. The highest BCUT2D eigenvalue weighted by Gasteiger charge is 2.31. The molecule has 1 atom stereocenters. The molecule has 4 aromatic carbocycles. The molecule has 1 unspecified atom stereocenters. The molecule has 4 N–H and O–H groups in total. The number of benzene rings is 4. The van der Waals surface area contributed by atoms with Gasteiger partial charge in [0, 0.05) is 18.7 Å². The van der Waals surface area contributed by atoms with E-state index in [1.165, 1.54) is 5.56 Å². The molecule has 0 saturated heterocycles. The average Bonchev–Trinajstić information content (AvgIpc) is 2.91. The number of amides is 1. The van der Waals surface area contributed by atoms with Crippen molar-refractivity contribution in [3.8, 4) is 0 Å². The summed E-state index contributed by atoms with van der Waals surface area (Å²) in [6.45, 7) is 0.939. The van der Waals surface area contributed by atoms with Crippen LogP contribution >= 0.6 is 0 Å². The number of hydrogen-bond acceptors (Lipinski definition) is 4. The molecule has 0 spiro atoms. The largest absolute Gasteiger partial charge is 0.384 e. The van der Waals surface area contributed by atoms with Crippen molar-refractivity contribution in [3.63, 3.8) is 0 Å². The standard InChI is InChI=1S/C29H28N4O3S/c30-28(31)24-11-5-6-20(16-24)17-27(29(34)33-15-14-22-8-2-4-10-25(22)19-33)32-37(35,36)26-13-12-21-7-1-3-9-23(21)18-26/h1-13,16,18,27,32H,14-15,17,19H2,(H3,30,31). The fourth-order valence-electron chi connectivity index (χ4n) is 4.78. The Kier molecular flexibility index (Phi) is 6.78. The number of rotatable bonds is 7. The number of carbonyl (C=O) groups is 1. The fourth-order valence-corrected chi connectivity index (χ4v) is 6.00. The smallest absolute Gasteiger partial charge is 0.241 e. The van der Waals surface area contributed by atoms with E-state index in [1.807, 2.05) is 48.5 Å².